The van der Waals surface area contributed by atoms with Crippen molar-refractivity contribution in [3.05, 3.63) is 61.4 Å². The molecule has 2 aromatic carbocycles. The average Bonchev–Trinajstić information content (AvgIpc) is 3.19. The lowest BCUT2D eigenvalue weighted by molar-refractivity contribution is -0.127. The van der Waals surface area contributed by atoms with Gasteiger partial charge < -0.3 is 10.6 Å². The Morgan fingerprint density at radius 1 is 1.17 bits per heavy atom. The van der Waals surface area contributed by atoms with Crippen LogP contribution in [0.15, 0.2) is 61.4 Å². The first kappa shape index (κ1) is 18.3. The van der Waals surface area contributed by atoms with E-state index >= 15 is 0 Å². The largest absolute Gasteiger partial charge is 0.383 e. The second-order valence-corrected chi connectivity index (χ2v) is 7.60. The molecule has 1 fully saturated rings. The van der Waals surface area contributed by atoms with Crippen molar-refractivity contribution >= 4 is 33.5 Å². The zero-order chi connectivity index (χ0) is 20.7. The number of benzene rings is 2. The van der Waals surface area contributed by atoms with Crippen molar-refractivity contribution in [1.29, 1.82) is 0 Å². The third kappa shape index (κ3) is 2.99. The summed E-state index contributed by atoms with van der Waals surface area (Å²) in [5.74, 6) is 0.351. The van der Waals surface area contributed by atoms with Gasteiger partial charge in [0.15, 0.2) is 5.65 Å². The number of hydrogen-bond acceptors (Lipinski definition) is 5. The molecular formula is C23H22N6O. The van der Waals surface area contributed by atoms with Gasteiger partial charge in [0.2, 0.25) is 5.91 Å². The quantitative estimate of drug-likeness (QED) is 0.533. The zero-order valence-corrected chi connectivity index (χ0v) is 16.5. The molecule has 0 spiro atoms. The Hall–Kier alpha value is -3.74. The van der Waals surface area contributed by atoms with Crippen LogP contribution in [0.5, 0.6) is 0 Å². The van der Waals surface area contributed by atoms with Crippen LogP contribution in [0.2, 0.25) is 0 Å². The van der Waals surface area contributed by atoms with Crippen molar-refractivity contribution in [2.45, 2.75) is 18.9 Å². The van der Waals surface area contributed by atoms with E-state index in [1.54, 1.807) is 0 Å². The number of amides is 1. The first-order valence-corrected chi connectivity index (χ1v) is 10.0. The molecule has 4 aromatic rings. The summed E-state index contributed by atoms with van der Waals surface area (Å²) in [5, 5.41) is 7.99. The van der Waals surface area contributed by atoms with Crippen LogP contribution in [-0.2, 0) is 4.79 Å². The van der Waals surface area contributed by atoms with Crippen molar-refractivity contribution in [3.8, 4) is 11.3 Å². The summed E-state index contributed by atoms with van der Waals surface area (Å²) in [6, 6.07) is 14.5. The van der Waals surface area contributed by atoms with E-state index in [0.717, 1.165) is 41.4 Å². The number of fused-ring (bicyclic) bond motifs is 2. The third-order valence-corrected chi connectivity index (χ3v) is 5.77. The Morgan fingerprint density at radius 2 is 2.00 bits per heavy atom. The predicted molar refractivity (Wildman–Crippen MR) is 118 cm³/mol. The maximum Gasteiger partial charge on any atom is 0.246 e. The van der Waals surface area contributed by atoms with Crippen LogP contribution in [-0.4, -0.2) is 43.6 Å². The molecule has 7 nitrogen and oxygen atoms in total. The smallest absolute Gasteiger partial charge is 0.246 e. The Morgan fingerprint density at radius 3 is 2.83 bits per heavy atom. The molecule has 1 unspecified atom stereocenters. The van der Waals surface area contributed by atoms with Crippen LogP contribution in [0, 0.1) is 0 Å². The summed E-state index contributed by atoms with van der Waals surface area (Å²) in [5.41, 5.74) is 8.69. The van der Waals surface area contributed by atoms with Crippen LogP contribution >= 0.6 is 0 Å². The van der Waals surface area contributed by atoms with Gasteiger partial charge in [0.05, 0.1) is 11.4 Å². The predicted octanol–water partition coefficient (Wildman–Crippen LogP) is 3.58. The fourth-order valence-corrected chi connectivity index (χ4v) is 4.27. The molecule has 7 heteroatoms. The van der Waals surface area contributed by atoms with Gasteiger partial charge in [-0.25, -0.2) is 14.6 Å². The number of aromatic nitrogens is 4. The molecule has 3 heterocycles. The molecule has 0 aliphatic carbocycles. The van der Waals surface area contributed by atoms with Gasteiger partial charge in [0, 0.05) is 18.7 Å². The molecule has 150 valence electrons. The Bertz CT molecular complexity index is 1280. The molecule has 1 aliphatic heterocycles. The van der Waals surface area contributed by atoms with Crippen molar-refractivity contribution in [3.63, 3.8) is 0 Å². The topological polar surface area (TPSA) is 89.9 Å². The van der Waals surface area contributed by atoms with Crippen LogP contribution in [0.25, 0.3) is 33.1 Å². The number of nitrogen functional groups attached to an aromatic ring is 1. The van der Waals surface area contributed by atoms with E-state index in [1.807, 2.05) is 21.7 Å². The number of rotatable bonds is 3. The van der Waals surface area contributed by atoms with E-state index in [2.05, 4.69) is 46.9 Å². The highest BCUT2D eigenvalue weighted by Gasteiger charge is 2.28. The average molecular weight is 398 g/mol. The van der Waals surface area contributed by atoms with E-state index in [4.69, 9.17) is 10.8 Å². The van der Waals surface area contributed by atoms with Gasteiger partial charge in [-0.05, 0) is 35.8 Å². The fourth-order valence-electron chi connectivity index (χ4n) is 4.27. The molecular weight excluding hydrogens is 376 g/mol. The van der Waals surface area contributed by atoms with Gasteiger partial charge in [0.25, 0.3) is 0 Å². The molecule has 0 saturated carbocycles. The maximum absolute atomic E-state index is 12.1. The highest BCUT2D eigenvalue weighted by Crippen LogP contribution is 2.34. The monoisotopic (exact) mass is 398 g/mol. The standard InChI is InChI=1S/C23H22N6O/c1-2-19(30)28-11-5-8-18(13-28)29-23-20(22(24)25-14-26-23)21(27-29)17-10-9-15-6-3-4-7-16(15)12-17/h2-4,6-7,9-10,12,14,18H,1,5,8,11,13H2,(H2,24,25,26). The number of piperidine rings is 1. The number of carbonyl (C=O) groups is 1. The number of nitrogens with zero attached hydrogens (tertiary/aromatic N) is 5. The van der Waals surface area contributed by atoms with Crippen molar-refractivity contribution in [2.24, 2.45) is 0 Å². The summed E-state index contributed by atoms with van der Waals surface area (Å²) in [6.45, 7) is 4.92. The highest BCUT2D eigenvalue weighted by atomic mass is 16.2. The second-order valence-electron chi connectivity index (χ2n) is 7.60. The van der Waals surface area contributed by atoms with E-state index < -0.39 is 0 Å². The van der Waals surface area contributed by atoms with Gasteiger partial charge in [-0.1, -0.05) is 43.0 Å². The SMILES string of the molecule is C=CC(=O)N1CCCC(n2nc(-c3ccc4ccccc4c3)c3c(N)ncnc32)C1. The lowest BCUT2D eigenvalue weighted by Crippen LogP contribution is -2.40. The molecule has 0 radical (unpaired) electrons. The number of anilines is 1. The van der Waals surface area contributed by atoms with Gasteiger partial charge in [-0.15, -0.1) is 0 Å². The Kier molecular flexibility index (Phi) is 4.43. The maximum atomic E-state index is 12.1. The highest BCUT2D eigenvalue weighted by molar-refractivity contribution is 6.00. The lowest BCUT2D eigenvalue weighted by atomic mass is 10.0. The van der Waals surface area contributed by atoms with Crippen molar-refractivity contribution in [1.82, 2.24) is 24.6 Å². The summed E-state index contributed by atoms with van der Waals surface area (Å²) in [6.07, 6.45) is 4.65. The number of hydrogen-bond donors (Lipinski definition) is 1. The van der Waals surface area contributed by atoms with Crippen LogP contribution < -0.4 is 5.73 Å². The molecule has 1 aliphatic rings. The minimum atomic E-state index is -0.0555. The molecule has 1 amide bonds. The molecule has 2 N–H and O–H groups in total. The van der Waals surface area contributed by atoms with Crippen LogP contribution in [0.3, 0.4) is 0 Å². The first-order valence-electron chi connectivity index (χ1n) is 10.0. The molecule has 30 heavy (non-hydrogen) atoms. The molecule has 1 atom stereocenters. The minimum absolute atomic E-state index is 0.0219. The normalized spacial score (nSPS) is 16.8. The molecule has 1 saturated heterocycles. The van der Waals surface area contributed by atoms with Gasteiger partial charge in [-0.3, -0.25) is 4.79 Å². The van der Waals surface area contributed by atoms with Crippen molar-refractivity contribution in [2.75, 3.05) is 18.8 Å². The number of likely N-dealkylation sites (tertiary alicyclic amines) is 1. The van der Waals surface area contributed by atoms with Gasteiger partial charge in [-0.2, -0.15) is 5.10 Å². The summed E-state index contributed by atoms with van der Waals surface area (Å²) in [7, 11) is 0. The molecule has 2 aromatic heterocycles. The van der Waals surface area contributed by atoms with Crippen molar-refractivity contribution < 1.29 is 4.79 Å². The lowest BCUT2D eigenvalue weighted by Gasteiger charge is -2.32. The number of nitrogens with two attached hydrogens (primary N) is 1. The minimum Gasteiger partial charge on any atom is -0.383 e. The van der Waals surface area contributed by atoms with E-state index in [0.29, 0.717) is 18.0 Å². The summed E-state index contributed by atoms with van der Waals surface area (Å²) < 4.78 is 1.92. The third-order valence-electron chi connectivity index (χ3n) is 5.77. The van der Waals surface area contributed by atoms with Crippen LogP contribution in [0.1, 0.15) is 18.9 Å². The Labute approximate surface area is 173 Å². The summed E-state index contributed by atoms with van der Waals surface area (Å²) in [4.78, 5) is 22.7. The zero-order valence-electron chi connectivity index (χ0n) is 16.5. The molecule has 0 bridgehead atoms. The summed E-state index contributed by atoms with van der Waals surface area (Å²) >= 11 is 0. The van der Waals surface area contributed by atoms with Gasteiger partial charge >= 0.3 is 0 Å². The molecule has 5 rings (SSSR count). The van der Waals surface area contributed by atoms with Crippen LogP contribution in [0.4, 0.5) is 5.82 Å². The Balaban J connectivity index is 1.65. The fraction of sp³-hybridized carbons (Fsp3) is 0.217. The second kappa shape index (κ2) is 7.26. The van der Waals surface area contributed by atoms with E-state index in [-0.39, 0.29) is 11.9 Å². The number of carbonyl (C=O) groups excluding carboxylic acids is 1. The first-order chi connectivity index (χ1) is 14.7. The van der Waals surface area contributed by atoms with Gasteiger partial charge in [0.1, 0.15) is 17.8 Å². The van der Waals surface area contributed by atoms with E-state index in [1.165, 1.54) is 17.8 Å². The van der Waals surface area contributed by atoms with E-state index in [9.17, 15) is 4.79 Å².